The maximum absolute atomic E-state index is 10.3. The lowest BCUT2D eigenvalue weighted by molar-refractivity contribution is -0.630. The number of rotatable bonds is 5. The molecule has 1 aromatic heterocycles. The van der Waals surface area contributed by atoms with Gasteiger partial charge in [-0.1, -0.05) is 24.3 Å². The van der Waals surface area contributed by atoms with E-state index in [9.17, 15) is 5.11 Å². The van der Waals surface area contributed by atoms with E-state index in [0.717, 1.165) is 22.3 Å². The minimum absolute atomic E-state index is 0. The lowest BCUT2D eigenvalue weighted by Gasteiger charge is -2.12. The van der Waals surface area contributed by atoms with Gasteiger partial charge in [0.2, 0.25) is 0 Å². The first-order valence-electron chi connectivity index (χ1n) is 7.66. The van der Waals surface area contributed by atoms with Crippen LogP contribution < -0.4 is 27.4 Å². The van der Waals surface area contributed by atoms with Crippen molar-refractivity contribution < 1.29 is 26.8 Å². The fourth-order valence-electron chi connectivity index (χ4n) is 2.76. The summed E-state index contributed by atoms with van der Waals surface area (Å²) < 4.78 is 9.50. The van der Waals surface area contributed by atoms with Crippen molar-refractivity contribution in [1.82, 2.24) is 4.57 Å². The predicted octanol–water partition coefficient (Wildman–Crippen LogP) is -1.20. The largest absolute Gasteiger partial charge is 1.00 e. The maximum atomic E-state index is 10.3. The average Bonchev–Trinajstić information content (AvgIpc) is 2.79. The Labute approximate surface area is 147 Å². The van der Waals surface area contributed by atoms with Gasteiger partial charge in [0.05, 0.1) is 7.05 Å². The Bertz CT molecular complexity index is 832. The number of benzene rings is 2. The summed E-state index contributed by atoms with van der Waals surface area (Å²) in [5.74, 6) is 1.38. The van der Waals surface area contributed by atoms with Gasteiger partial charge in [0, 0.05) is 0 Å². The van der Waals surface area contributed by atoms with Gasteiger partial charge < -0.3 is 22.3 Å². The quantitative estimate of drug-likeness (QED) is 0.570. The number of ether oxygens (including phenoxy) is 1. The summed E-state index contributed by atoms with van der Waals surface area (Å²) in [5, 5.41) is 10.3. The third-order valence-electron chi connectivity index (χ3n) is 3.98. The normalized spacial score (nSPS) is 12.0. The van der Waals surface area contributed by atoms with Crippen LogP contribution in [0.25, 0.3) is 11.0 Å². The molecule has 0 fully saturated rings. The van der Waals surface area contributed by atoms with Crippen LogP contribution in [0.1, 0.15) is 5.56 Å². The number of imidazole rings is 1. The number of nitrogen functional groups attached to an aromatic ring is 1. The molecule has 0 spiro atoms. The molecule has 3 N–H and O–H groups in total. The zero-order valence-electron chi connectivity index (χ0n) is 13.8. The molecule has 0 amide bonds. The Morgan fingerprint density at radius 1 is 1.21 bits per heavy atom. The zero-order valence-corrected chi connectivity index (χ0v) is 14.6. The third kappa shape index (κ3) is 3.63. The number of nitrogens with two attached hydrogens (primary N) is 1. The molecule has 0 saturated carbocycles. The van der Waals surface area contributed by atoms with E-state index in [4.69, 9.17) is 10.5 Å². The van der Waals surface area contributed by atoms with Crippen LogP contribution in [0.4, 0.5) is 5.95 Å². The van der Waals surface area contributed by atoms with Crippen LogP contribution in [0.3, 0.4) is 0 Å². The second-order valence-corrected chi connectivity index (χ2v) is 5.80. The summed E-state index contributed by atoms with van der Waals surface area (Å²) in [7, 11) is 1.92. The lowest BCUT2D eigenvalue weighted by atomic mass is 10.2. The summed E-state index contributed by atoms with van der Waals surface area (Å²) in [6.07, 6.45) is -0.645. The Morgan fingerprint density at radius 3 is 2.71 bits per heavy atom. The van der Waals surface area contributed by atoms with Gasteiger partial charge in [0.15, 0.2) is 0 Å². The molecule has 0 aliphatic rings. The highest BCUT2D eigenvalue weighted by Gasteiger charge is 2.20. The first-order valence-corrected chi connectivity index (χ1v) is 7.66. The Balaban J connectivity index is 0.00000208. The van der Waals surface area contributed by atoms with Crippen molar-refractivity contribution in [3.05, 3.63) is 54.1 Å². The second-order valence-electron chi connectivity index (χ2n) is 5.80. The molecule has 128 valence electrons. The predicted molar refractivity (Wildman–Crippen MR) is 90.2 cm³/mol. The number of anilines is 1. The highest BCUT2D eigenvalue weighted by molar-refractivity contribution is 5.73. The van der Waals surface area contributed by atoms with Crippen LogP contribution in [0, 0.1) is 6.92 Å². The van der Waals surface area contributed by atoms with E-state index >= 15 is 0 Å². The summed E-state index contributed by atoms with van der Waals surface area (Å²) in [5.41, 5.74) is 9.33. The van der Waals surface area contributed by atoms with Crippen LogP contribution in [-0.4, -0.2) is 22.4 Å². The van der Waals surface area contributed by atoms with Crippen LogP contribution in [0.15, 0.2) is 48.5 Å². The molecule has 1 atom stereocenters. The van der Waals surface area contributed by atoms with E-state index in [2.05, 4.69) is 0 Å². The number of aliphatic hydroxyl groups excluding tert-OH is 1. The van der Waals surface area contributed by atoms with E-state index in [0.29, 0.717) is 12.5 Å². The lowest BCUT2D eigenvalue weighted by Crippen LogP contribution is -3.00. The minimum atomic E-state index is -0.645. The number of para-hydroxylation sites is 2. The van der Waals surface area contributed by atoms with E-state index in [1.807, 2.05) is 71.6 Å². The fraction of sp³-hybridized carbons (Fsp3) is 0.278. The number of aryl methyl sites for hydroxylation is 2. The van der Waals surface area contributed by atoms with Gasteiger partial charge in [-0.15, -0.1) is 0 Å². The van der Waals surface area contributed by atoms with Crippen molar-refractivity contribution in [1.29, 1.82) is 0 Å². The van der Waals surface area contributed by atoms with Gasteiger partial charge in [-0.05, 0) is 36.8 Å². The summed E-state index contributed by atoms with van der Waals surface area (Å²) in [6.45, 7) is 2.62. The van der Waals surface area contributed by atoms with Crippen molar-refractivity contribution in [2.45, 2.75) is 19.6 Å². The smallest absolute Gasteiger partial charge is 0.355 e. The van der Waals surface area contributed by atoms with Crippen molar-refractivity contribution in [2.24, 2.45) is 7.05 Å². The van der Waals surface area contributed by atoms with Crippen LogP contribution in [0.2, 0.25) is 0 Å². The molecular weight excluding hydrogens is 326 g/mol. The Morgan fingerprint density at radius 2 is 1.96 bits per heavy atom. The maximum Gasteiger partial charge on any atom is 0.355 e. The molecule has 6 heteroatoms. The number of nitrogens with zero attached hydrogens (tertiary/aromatic N) is 2. The first kappa shape index (κ1) is 18.1. The van der Waals surface area contributed by atoms with E-state index in [1.165, 1.54) is 0 Å². The van der Waals surface area contributed by atoms with Gasteiger partial charge in [0.1, 0.15) is 36.0 Å². The highest BCUT2D eigenvalue weighted by atomic mass is 35.5. The topological polar surface area (TPSA) is 64.3 Å². The molecule has 0 bridgehead atoms. The van der Waals surface area contributed by atoms with Gasteiger partial charge in [-0.25, -0.2) is 9.13 Å². The number of aliphatic hydroxyl groups is 1. The zero-order chi connectivity index (χ0) is 16.4. The van der Waals surface area contributed by atoms with E-state index in [1.54, 1.807) is 0 Å². The Kier molecular flexibility index (Phi) is 5.70. The monoisotopic (exact) mass is 347 g/mol. The number of hydrogen-bond donors (Lipinski definition) is 2. The number of aromatic nitrogens is 2. The summed E-state index contributed by atoms with van der Waals surface area (Å²) >= 11 is 0. The highest BCUT2D eigenvalue weighted by Crippen LogP contribution is 2.17. The van der Waals surface area contributed by atoms with E-state index in [-0.39, 0.29) is 19.0 Å². The molecule has 0 aliphatic heterocycles. The van der Waals surface area contributed by atoms with Gasteiger partial charge in [0.25, 0.3) is 0 Å². The molecule has 0 radical (unpaired) electrons. The molecule has 24 heavy (non-hydrogen) atoms. The van der Waals surface area contributed by atoms with Crippen LogP contribution in [-0.2, 0) is 13.6 Å². The van der Waals surface area contributed by atoms with Crippen LogP contribution >= 0.6 is 0 Å². The molecule has 1 unspecified atom stereocenters. The van der Waals surface area contributed by atoms with Crippen molar-refractivity contribution in [3.8, 4) is 5.75 Å². The molecule has 0 aliphatic carbocycles. The second kappa shape index (κ2) is 7.55. The minimum Gasteiger partial charge on any atom is -1.00 e. The van der Waals surface area contributed by atoms with Crippen molar-refractivity contribution in [3.63, 3.8) is 0 Å². The molecule has 0 saturated heterocycles. The molecular formula is C18H22ClN3O2. The molecule has 5 nitrogen and oxygen atoms in total. The van der Waals surface area contributed by atoms with Crippen molar-refractivity contribution >= 4 is 17.0 Å². The third-order valence-corrected chi connectivity index (χ3v) is 3.98. The standard InChI is InChI=1S/C18H21N3O2.ClH/c1-13-6-5-7-15(10-13)23-12-14(22)11-21-17-9-4-3-8-16(17)20(2)18(21)19;/h3-10,14,19,22H,11-12H2,1-2H3;1H. The Hall–Kier alpha value is -2.24. The fourth-order valence-corrected chi connectivity index (χ4v) is 2.76. The number of hydrogen-bond acceptors (Lipinski definition) is 3. The molecule has 3 rings (SSSR count). The number of halogens is 1. The molecule has 1 heterocycles. The number of fused-ring (bicyclic) bond motifs is 1. The van der Waals surface area contributed by atoms with E-state index < -0.39 is 6.10 Å². The first-order chi connectivity index (χ1) is 11.1. The molecule has 3 aromatic rings. The SMILES string of the molecule is Cc1cccc(OCC(O)Cn2c(N)[n+](C)c3ccccc32)c1.[Cl-]. The van der Waals surface area contributed by atoms with Gasteiger partial charge in [-0.2, -0.15) is 0 Å². The summed E-state index contributed by atoms with van der Waals surface area (Å²) in [6, 6.07) is 15.7. The van der Waals surface area contributed by atoms with Crippen LogP contribution in [0.5, 0.6) is 5.75 Å². The summed E-state index contributed by atoms with van der Waals surface area (Å²) in [4.78, 5) is 0. The molecule has 2 aromatic carbocycles. The average molecular weight is 348 g/mol. The van der Waals surface area contributed by atoms with Crippen molar-refractivity contribution in [2.75, 3.05) is 12.3 Å². The van der Waals surface area contributed by atoms with Gasteiger partial charge in [-0.3, -0.25) is 5.73 Å². The van der Waals surface area contributed by atoms with Gasteiger partial charge >= 0.3 is 5.95 Å².